The van der Waals surface area contributed by atoms with Gasteiger partial charge < -0.3 is 19.1 Å². The monoisotopic (exact) mass is 457 g/mol. The molecule has 0 spiro atoms. The molecular weight excluding hydrogens is 426 g/mol. The number of carbonyl (C=O) groups excluding carboxylic acids is 2. The molecule has 1 aromatic heterocycles. The van der Waals surface area contributed by atoms with Crippen molar-refractivity contribution in [3.05, 3.63) is 77.0 Å². The van der Waals surface area contributed by atoms with Gasteiger partial charge >= 0.3 is 5.97 Å². The highest BCUT2D eigenvalue weighted by Gasteiger charge is 2.27. The number of carbonyl (C=O) groups is 2. The molecule has 3 heterocycles. The Labute approximate surface area is 200 Å². The fraction of sp³-hybridized carbons (Fsp3) is 0.357. The maximum Gasteiger partial charge on any atom is 0.330 e. The van der Waals surface area contributed by atoms with Crippen LogP contribution in [0.25, 0.3) is 17.0 Å². The molecule has 5 rings (SSSR count). The van der Waals surface area contributed by atoms with Crippen LogP contribution in [-0.4, -0.2) is 59.5 Å². The highest BCUT2D eigenvalue weighted by atomic mass is 16.5. The van der Waals surface area contributed by atoms with Crippen molar-refractivity contribution in [2.75, 3.05) is 33.3 Å². The number of hydrogen-bond acceptors (Lipinski definition) is 4. The molecule has 2 aliphatic heterocycles. The molecule has 0 bridgehead atoms. The van der Waals surface area contributed by atoms with Crippen molar-refractivity contribution < 1.29 is 14.3 Å². The molecule has 2 aliphatic rings. The van der Waals surface area contributed by atoms with Gasteiger partial charge in [0.1, 0.15) is 0 Å². The minimum atomic E-state index is -0.370. The molecule has 0 unspecified atom stereocenters. The molecule has 0 atom stereocenters. The van der Waals surface area contributed by atoms with E-state index in [0.29, 0.717) is 6.54 Å². The Morgan fingerprint density at radius 3 is 2.56 bits per heavy atom. The zero-order valence-corrected chi connectivity index (χ0v) is 19.7. The average Bonchev–Trinajstić information content (AvgIpc) is 3.51. The van der Waals surface area contributed by atoms with Gasteiger partial charge in [0.15, 0.2) is 0 Å². The van der Waals surface area contributed by atoms with Gasteiger partial charge in [-0.15, -0.1) is 0 Å². The van der Waals surface area contributed by atoms with Gasteiger partial charge in [-0.1, -0.05) is 24.3 Å². The van der Waals surface area contributed by atoms with E-state index in [2.05, 4.69) is 21.6 Å². The smallest absolute Gasteiger partial charge is 0.330 e. The number of aromatic nitrogens is 1. The molecule has 1 fully saturated rings. The number of ether oxygens (including phenoxy) is 1. The number of esters is 1. The van der Waals surface area contributed by atoms with Crippen LogP contribution in [0.15, 0.2) is 54.6 Å². The summed E-state index contributed by atoms with van der Waals surface area (Å²) in [6.07, 6.45) is 6.65. The van der Waals surface area contributed by atoms with Crippen LogP contribution in [-0.2, 0) is 29.0 Å². The van der Waals surface area contributed by atoms with E-state index >= 15 is 0 Å². The summed E-state index contributed by atoms with van der Waals surface area (Å²) >= 11 is 0. The number of fused-ring (bicyclic) bond motifs is 3. The normalized spacial score (nSPS) is 16.3. The van der Waals surface area contributed by atoms with Crippen LogP contribution in [0.5, 0.6) is 0 Å². The molecule has 0 radical (unpaired) electrons. The van der Waals surface area contributed by atoms with E-state index < -0.39 is 0 Å². The van der Waals surface area contributed by atoms with Crippen molar-refractivity contribution in [2.45, 2.75) is 32.4 Å². The first kappa shape index (κ1) is 22.4. The van der Waals surface area contributed by atoms with Gasteiger partial charge in [0.2, 0.25) is 0 Å². The second kappa shape index (κ2) is 9.85. The van der Waals surface area contributed by atoms with Crippen molar-refractivity contribution >= 4 is 28.9 Å². The fourth-order valence-corrected chi connectivity index (χ4v) is 5.24. The third-order valence-electron chi connectivity index (χ3n) is 7.04. The lowest BCUT2D eigenvalue weighted by Crippen LogP contribution is -2.36. The molecule has 0 N–H and O–H groups in total. The van der Waals surface area contributed by atoms with Crippen LogP contribution >= 0.6 is 0 Å². The molecule has 0 aliphatic carbocycles. The van der Waals surface area contributed by atoms with E-state index in [1.54, 1.807) is 6.08 Å². The first-order valence-corrected chi connectivity index (χ1v) is 12.1. The molecule has 3 aromatic rings. The Morgan fingerprint density at radius 1 is 1.00 bits per heavy atom. The highest BCUT2D eigenvalue weighted by Crippen LogP contribution is 2.33. The van der Waals surface area contributed by atoms with Crippen LogP contribution in [0.3, 0.4) is 0 Å². The topological polar surface area (TPSA) is 54.8 Å². The molecule has 6 nitrogen and oxygen atoms in total. The summed E-state index contributed by atoms with van der Waals surface area (Å²) in [5, 5.41) is 1.16. The Kier molecular flexibility index (Phi) is 6.50. The molecule has 1 saturated heterocycles. The van der Waals surface area contributed by atoms with Gasteiger partial charge in [0.25, 0.3) is 5.91 Å². The van der Waals surface area contributed by atoms with Gasteiger partial charge in [-0.25, -0.2) is 4.79 Å². The quantitative estimate of drug-likeness (QED) is 0.413. The molecule has 1 amide bonds. The van der Waals surface area contributed by atoms with E-state index in [-0.39, 0.29) is 11.9 Å². The highest BCUT2D eigenvalue weighted by molar-refractivity contribution is 5.95. The standard InChI is InChI=1S/C28H31N3O3/c1-34-27(32)12-10-21-9-11-25-23(19-21)24-20-30(28(33)22-7-3-2-4-8-22)16-13-26(24)31(25)18-17-29-14-5-6-15-29/h2-4,7-12,19H,5-6,13-18,20H2,1H3/b12-10+. The van der Waals surface area contributed by atoms with Crippen molar-refractivity contribution in [3.63, 3.8) is 0 Å². The number of hydrogen-bond donors (Lipinski definition) is 0. The van der Waals surface area contributed by atoms with E-state index in [0.717, 1.165) is 42.6 Å². The average molecular weight is 458 g/mol. The summed E-state index contributed by atoms with van der Waals surface area (Å²) in [6.45, 7) is 5.69. The van der Waals surface area contributed by atoms with Crippen molar-refractivity contribution in [2.24, 2.45) is 0 Å². The maximum absolute atomic E-state index is 13.2. The molecule has 2 aromatic carbocycles. The Balaban J connectivity index is 1.49. The second-order valence-corrected chi connectivity index (χ2v) is 9.10. The lowest BCUT2D eigenvalue weighted by atomic mass is 10.0. The minimum Gasteiger partial charge on any atom is -0.466 e. The van der Waals surface area contributed by atoms with E-state index in [1.165, 1.54) is 55.9 Å². The van der Waals surface area contributed by atoms with Gasteiger partial charge in [-0.2, -0.15) is 0 Å². The zero-order valence-electron chi connectivity index (χ0n) is 19.7. The summed E-state index contributed by atoms with van der Waals surface area (Å²) < 4.78 is 7.20. The van der Waals surface area contributed by atoms with Crippen LogP contribution < -0.4 is 0 Å². The predicted molar refractivity (Wildman–Crippen MR) is 134 cm³/mol. The molecule has 6 heteroatoms. The number of rotatable bonds is 6. The van der Waals surface area contributed by atoms with Gasteiger partial charge in [0.05, 0.1) is 7.11 Å². The number of methoxy groups -OCH3 is 1. The maximum atomic E-state index is 13.2. The summed E-state index contributed by atoms with van der Waals surface area (Å²) in [4.78, 5) is 29.3. The van der Waals surface area contributed by atoms with Crippen molar-refractivity contribution in [3.8, 4) is 0 Å². The minimum absolute atomic E-state index is 0.0750. The predicted octanol–water partition coefficient (Wildman–Crippen LogP) is 4.12. The summed E-state index contributed by atoms with van der Waals surface area (Å²) in [7, 11) is 1.38. The van der Waals surface area contributed by atoms with Crippen molar-refractivity contribution in [1.29, 1.82) is 0 Å². The fourth-order valence-electron chi connectivity index (χ4n) is 5.24. The Morgan fingerprint density at radius 2 is 1.79 bits per heavy atom. The molecule has 0 saturated carbocycles. The van der Waals surface area contributed by atoms with E-state index in [9.17, 15) is 9.59 Å². The van der Waals surface area contributed by atoms with E-state index in [1.807, 2.05) is 41.3 Å². The zero-order chi connectivity index (χ0) is 23.5. The largest absolute Gasteiger partial charge is 0.466 e. The third-order valence-corrected chi connectivity index (χ3v) is 7.04. The molecular formula is C28H31N3O3. The number of amides is 1. The number of nitrogens with zero attached hydrogens (tertiary/aromatic N) is 3. The lowest BCUT2D eigenvalue weighted by Gasteiger charge is -2.29. The van der Waals surface area contributed by atoms with Gasteiger partial charge in [0, 0.05) is 66.4 Å². The van der Waals surface area contributed by atoms with Crippen LogP contribution in [0.2, 0.25) is 0 Å². The third kappa shape index (κ3) is 4.50. The first-order valence-electron chi connectivity index (χ1n) is 12.1. The number of benzene rings is 2. The summed E-state index contributed by atoms with van der Waals surface area (Å²) in [5.74, 6) is -0.295. The summed E-state index contributed by atoms with van der Waals surface area (Å²) in [5.41, 5.74) is 5.43. The molecule has 176 valence electrons. The number of likely N-dealkylation sites (tertiary alicyclic amines) is 1. The first-order chi connectivity index (χ1) is 16.6. The second-order valence-electron chi connectivity index (χ2n) is 9.10. The Bertz CT molecular complexity index is 1220. The van der Waals surface area contributed by atoms with Crippen molar-refractivity contribution in [1.82, 2.24) is 14.4 Å². The lowest BCUT2D eigenvalue weighted by molar-refractivity contribution is -0.134. The molecule has 34 heavy (non-hydrogen) atoms. The van der Waals surface area contributed by atoms with Crippen LogP contribution in [0.4, 0.5) is 0 Å². The van der Waals surface area contributed by atoms with Gasteiger partial charge in [-0.3, -0.25) is 4.79 Å². The van der Waals surface area contributed by atoms with Crippen LogP contribution in [0.1, 0.15) is 40.0 Å². The summed E-state index contributed by atoms with van der Waals surface area (Å²) in [6, 6.07) is 15.8. The van der Waals surface area contributed by atoms with Crippen LogP contribution in [0, 0.1) is 0 Å². The van der Waals surface area contributed by atoms with Gasteiger partial charge in [-0.05, 0) is 61.8 Å². The van der Waals surface area contributed by atoms with E-state index in [4.69, 9.17) is 4.74 Å². The SMILES string of the molecule is COC(=O)/C=C/c1ccc2c(c1)c1c(n2CCN2CCCC2)CCN(C(=O)c2ccccc2)C1. The Hall–Kier alpha value is -3.38.